The van der Waals surface area contributed by atoms with Crippen molar-refractivity contribution in [2.75, 3.05) is 26.2 Å². The second-order valence-corrected chi connectivity index (χ2v) is 5.70. The van der Waals surface area contributed by atoms with Gasteiger partial charge in [0.2, 0.25) is 0 Å². The van der Waals surface area contributed by atoms with Crippen molar-refractivity contribution in [3.63, 3.8) is 0 Å². The maximum absolute atomic E-state index is 3.62. The van der Waals surface area contributed by atoms with Crippen LogP contribution in [0.5, 0.6) is 0 Å². The molecule has 0 bridgehead atoms. The predicted molar refractivity (Wildman–Crippen MR) is 73.9 cm³/mol. The van der Waals surface area contributed by atoms with Crippen LogP contribution in [0, 0.1) is 5.41 Å². The van der Waals surface area contributed by atoms with Gasteiger partial charge >= 0.3 is 0 Å². The molecule has 1 N–H and O–H groups in total. The Morgan fingerprint density at radius 2 is 1.69 bits per heavy atom. The Labute approximate surface area is 103 Å². The molecule has 0 aliphatic carbocycles. The largest absolute Gasteiger partial charge is 0.314 e. The lowest BCUT2D eigenvalue weighted by Gasteiger charge is -2.33. The van der Waals surface area contributed by atoms with Crippen LogP contribution in [0.15, 0.2) is 0 Å². The van der Waals surface area contributed by atoms with Crippen molar-refractivity contribution in [1.82, 2.24) is 10.2 Å². The summed E-state index contributed by atoms with van der Waals surface area (Å²) in [6.45, 7) is 18.4. The van der Waals surface area contributed by atoms with Crippen molar-refractivity contribution >= 4 is 0 Å². The van der Waals surface area contributed by atoms with Gasteiger partial charge in [-0.2, -0.15) is 0 Å². The minimum absolute atomic E-state index is 0.363. The van der Waals surface area contributed by atoms with E-state index in [1.54, 1.807) is 0 Å². The molecule has 0 rings (SSSR count). The van der Waals surface area contributed by atoms with Crippen LogP contribution in [0.25, 0.3) is 0 Å². The summed E-state index contributed by atoms with van der Waals surface area (Å²) in [5.41, 5.74) is 0.363. The summed E-state index contributed by atoms with van der Waals surface area (Å²) in [4.78, 5) is 2.55. The first-order valence-electron chi connectivity index (χ1n) is 6.91. The van der Waals surface area contributed by atoms with Crippen molar-refractivity contribution in [3.8, 4) is 0 Å². The fourth-order valence-electron chi connectivity index (χ4n) is 2.14. The predicted octanol–water partition coefficient (Wildman–Crippen LogP) is 3.13. The zero-order chi connectivity index (χ0) is 12.6. The molecule has 1 unspecified atom stereocenters. The molecule has 0 amide bonds. The fourth-order valence-corrected chi connectivity index (χ4v) is 2.14. The zero-order valence-electron chi connectivity index (χ0n) is 12.3. The van der Waals surface area contributed by atoms with Gasteiger partial charge in [0.1, 0.15) is 0 Å². The van der Waals surface area contributed by atoms with Crippen molar-refractivity contribution in [1.29, 1.82) is 0 Å². The lowest BCUT2D eigenvalue weighted by molar-refractivity contribution is 0.210. The highest BCUT2D eigenvalue weighted by Gasteiger charge is 2.23. The minimum Gasteiger partial charge on any atom is -0.314 e. The molecule has 16 heavy (non-hydrogen) atoms. The second kappa shape index (κ2) is 8.08. The molecule has 0 saturated carbocycles. The Morgan fingerprint density at radius 1 is 1.06 bits per heavy atom. The van der Waals surface area contributed by atoms with Crippen molar-refractivity contribution in [2.24, 2.45) is 5.41 Å². The van der Waals surface area contributed by atoms with Gasteiger partial charge in [0.05, 0.1) is 0 Å². The van der Waals surface area contributed by atoms with E-state index >= 15 is 0 Å². The van der Waals surface area contributed by atoms with Crippen molar-refractivity contribution in [3.05, 3.63) is 0 Å². The molecule has 0 aliphatic rings. The van der Waals surface area contributed by atoms with Crippen LogP contribution in [0.2, 0.25) is 0 Å². The average molecular weight is 228 g/mol. The lowest BCUT2D eigenvalue weighted by Crippen LogP contribution is -2.42. The third kappa shape index (κ3) is 6.49. The van der Waals surface area contributed by atoms with E-state index in [0.29, 0.717) is 11.5 Å². The van der Waals surface area contributed by atoms with Gasteiger partial charge in [0.15, 0.2) is 0 Å². The summed E-state index contributed by atoms with van der Waals surface area (Å²) in [5.74, 6) is 0. The molecular weight excluding hydrogens is 196 g/mol. The van der Waals surface area contributed by atoms with Crippen LogP contribution in [0.4, 0.5) is 0 Å². The molecule has 0 heterocycles. The van der Waals surface area contributed by atoms with E-state index < -0.39 is 0 Å². The molecule has 2 heteroatoms. The first-order chi connectivity index (χ1) is 7.45. The van der Waals surface area contributed by atoms with Crippen molar-refractivity contribution in [2.45, 2.75) is 60.4 Å². The summed E-state index contributed by atoms with van der Waals surface area (Å²) in [6.07, 6.45) is 2.51. The number of nitrogens with one attached hydrogen (secondary N) is 1. The summed E-state index contributed by atoms with van der Waals surface area (Å²) < 4.78 is 0. The van der Waals surface area contributed by atoms with E-state index in [4.69, 9.17) is 0 Å². The molecule has 0 radical (unpaired) electrons. The van der Waals surface area contributed by atoms with Crippen LogP contribution >= 0.6 is 0 Å². The minimum atomic E-state index is 0.363. The molecule has 2 nitrogen and oxygen atoms in total. The van der Waals surface area contributed by atoms with Crippen LogP contribution in [-0.2, 0) is 0 Å². The maximum Gasteiger partial charge on any atom is 0.0128 e. The van der Waals surface area contributed by atoms with Crippen molar-refractivity contribution < 1.29 is 0 Å². The Morgan fingerprint density at radius 3 is 2.06 bits per heavy atom. The monoisotopic (exact) mass is 228 g/mol. The van der Waals surface area contributed by atoms with Crippen LogP contribution in [-0.4, -0.2) is 37.1 Å². The smallest absolute Gasteiger partial charge is 0.0128 e. The van der Waals surface area contributed by atoms with Crippen LogP contribution in [0.3, 0.4) is 0 Å². The molecule has 0 saturated heterocycles. The van der Waals surface area contributed by atoms with E-state index in [-0.39, 0.29) is 0 Å². The molecule has 1 atom stereocenters. The topological polar surface area (TPSA) is 15.3 Å². The normalized spacial score (nSPS) is 14.4. The molecule has 0 aromatic heterocycles. The van der Waals surface area contributed by atoms with Crippen LogP contribution < -0.4 is 5.32 Å². The van der Waals surface area contributed by atoms with E-state index in [0.717, 1.165) is 6.54 Å². The van der Waals surface area contributed by atoms with Gasteiger partial charge in [0, 0.05) is 6.04 Å². The summed E-state index contributed by atoms with van der Waals surface area (Å²) in [5, 5.41) is 3.62. The molecular formula is C14H32N2. The standard InChI is InChI=1S/C14H32N2/c1-7-11-16(9-3)12-10-13(15-8-2)14(4,5)6/h13,15H,7-12H2,1-6H3. The summed E-state index contributed by atoms with van der Waals surface area (Å²) >= 11 is 0. The molecule has 0 fully saturated rings. The van der Waals surface area contributed by atoms with E-state index in [2.05, 4.69) is 51.8 Å². The lowest BCUT2D eigenvalue weighted by atomic mass is 9.84. The number of nitrogens with zero attached hydrogens (tertiary/aromatic N) is 1. The molecule has 98 valence electrons. The van der Waals surface area contributed by atoms with Gasteiger partial charge in [-0.1, -0.05) is 41.5 Å². The highest BCUT2D eigenvalue weighted by Crippen LogP contribution is 2.22. The van der Waals surface area contributed by atoms with Crippen LogP contribution in [0.1, 0.15) is 54.4 Å². The third-order valence-electron chi connectivity index (χ3n) is 3.22. The Hall–Kier alpha value is -0.0800. The fraction of sp³-hybridized carbons (Fsp3) is 1.00. The molecule has 0 aliphatic heterocycles. The van der Waals surface area contributed by atoms with Gasteiger partial charge in [-0.3, -0.25) is 0 Å². The quantitative estimate of drug-likeness (QED) is 0.686. The second-order valence-electron chi connectivity index (χ2n) is 5.70. The van der Waals surface area contributed by atoms with E-state index in [1.807, 2.05) is 0 Å². The van der Waals surface area contributed by atoms with Gasteiger partial charge in [-0.15, -0.1) is 0 Å². The molecule has 0 spiro atoms. The summed E-state index contributed by atoms with van der Waals surface area (Å²) in [6, 6.07) is 0.628. The number of rotatable bonds is 8. The number of hydrogen-bond acceptors (Lipinski definition) is 2. The van der Waals surface area contributed by atoms with E-state index in [1.165, 1.54) is 32.5 Å². The third-order valence-corrected chi connectivity index (χ3v) is 3.22. The first-order valence-corrected chi connectivity index (χ1v) is 6.91. The first kappa shape index (κ1) is 15.9. The average Bonchev–Trinajstić information content (AvgIpc) is 2.20. The Kier molecular flexibility index (Phi) is 8.04. The summed E-state index contributed by atoms with van der Waals surface area (Å²) in [7, 11) is 0. The highest BCUT2D eigenvalue weighted by atomic mass is 15.1. The number of hydrogen-bond donors (Lipinski definition) is 1. The SMILES string of the molecule is CCCN(CC)CCC(NCC)C(C)(C)C. The molecule has 0 aromatic carbocycles. The van der Waals surface area contributed by atoms with Gasteiger partial charge in [0.25, 0.3) is 0 Å². The van der Waals surface area contributed by atoms with Gasteiger partial charge < -0.3 is 10.2 Å². The zero-order valence-corrected chi connectivity index (χ0v) is 12.3. The Bertz CT molecular complexity index is 161. The maximum atomic E-state index is 3.62. The van der Waals surface area contributed by atoms with Gasteiger partial charge in [-0.25, -0.2) is 0 Å². The highest BCUT2D eigenvalue weighted by molar-refractivity contribution is 4.81. The Balaban J connectivity index is 4.09. The molecule has 0 aromatic rings. The van der Waals surface area contributed by atoms with Gasteiger partial charge in [-0.05, 0) is 44.4 Å². The van der Waals surface area contributed by atoms with E-state index in [9.17, 15) is 0 Å².